The number of carboxylic acid groups (broad SMARTS) is 1. The summed E-state index contributed by atoms with van der Waals surface area (Å²) in [6.45, 7) is -1.39. The van der Waals surface area contributed by atoms with Crippen LogP contribution < -0.4 is 5.32 Å². The Morgan fingerprint density at radius 3 is 2.50 bits per heavy atom. The number of phosphoric acid groups is 1. The van der Waals surface area contributed by atoms with Gasteiger partial charge in [0.1, 0.15) is 18.3 Å². The molecule has 24 heavy (non-hydrogen) atoms. The highest BCUT2D eigenvalue weighted by Gasteiger charge is 2.50. The molecule has 2 heterocycles. The van der Waals surface area contributed by atoms with E-state index in [1.165, 1.54) is 0 Å². The first kappa shape index (κ1) is 18.7. The van der Waals surface area contributed by atoms with Crippen LogP contribution in [0.25, 0.3) is 0 Å². The third-order valence-electron chi connectivity index (χ3n) is 3.54. The second-order valence-electron chi connectivity index (χ2n) is 5.17. The minimum absolute atomic E-state index is 0.611. The Labute approximate surface area is 134 Å². The van der Waals surface area contributed by atoms with Crippen LogP contribution in [0.4, 0.5) is 4.79 Å². The molecular weight excluding hydrogens is 355 g/mol. The SMILES string of the molecule is O=C(O)C1CN([C@@H]2O[C@H](COP(=O)(O)O)[C@@H](O)[C@H]2O)C(=O)NC1=O. The van der Waals surface area contributed by atoms with Gasteiger partial charge in [-0.05, 0) is 0 Å². The second-order valence-corrected chi connectivity index (χ2v) is 6.41. The van der Waals surface area contributed by atoms with Crippen LogP contribution in [0.3, 0.4) is 0 Å². The number of nitrogens with one attached hydrogen (secondary N) is 1. The topological polar surface area (TPSA) is 203 Å². The van der Waals surface area contributed by atoms with Gasteiger partial charge in [0.15, 0.2) is 12.1 Å². The molecule has 0 spiro atoms. The molecule has 2 aliphatic heterocycles. The second kappa shape index (κ2) is 6.72. The van der Waals surface area contributed by atoms with Crippen LogP contribution in [0.15, 0.2) is 0 Å². The van der Waals surface area contributed by atoms with E-state index < -0.39 is 69.3 Å². The molecule has 136 valence electrons. The van der Waals surface area contributed by atoms with Crippen molar-refractivity contribution in [2.75, 3.05) is 13.2 Å². The lowest BCUT2D eigenvalue weighted by Crippen LogP contribution is -2.61. The molecule has 0 aromatic heterocycles. The molecule has 0 saturated carbocycles. The lowest BCUT2D eigenvalue weighted by molar-refractivity contribution is -0.151. The molecule has 1 unspecified atom stereocenters. The highest BCUT2D eigenvalue weighted by Crippen LogP contribution is 2.37. The van der Waals surface area contributed by atoms with Crippen molar-refractivity contribution in [3.05, 3.63) is 0 Å². The van der Waals surface area contributed by atoms with Crippen molar-refractivity contribution in [1.29, 1.82) is 0 Å². The molecule has 0 radical (unpaired) electrons. The van der Waals surface area contributed by atoms with Gasteiger partial charge in [0.05, 0.1) is 6.61 Å². The summed E-state index contributed by atoms with van der Waals surface area (Å²) >= 11 is 0. The molecule has 14 heteroatoms. The van der Waals surface area contributed by atoms with E-state index in [0.29, 0.717) is 4.90 Å². The monoisotopic (exact) mass is 370 g/mol. The predicted molar refractivity (Wildman–Crippen MR) is 70.0 cm³/mol. The van der Waals surface area contributed by atoms with Crippen molar-refractivity contribution in [3.8, 4) is 0 Å². The van der Waals surface area contributed by atoms with Crippen molar-refractivity contribution in [1.82, 2.24) is 10.2 Å². The first-order valence-corrected chi connectivity index (χ1v) is 8.10. The summed E-state index contributed by atoms with van der Waals surface area (Å²) in [5.74, 6) is -4.13. The number of amides is 3. The van der Waals surface area contributed by atoms with Gasteiger partial charge in [0, 0.05) is 6.54 Å². The average Bonchev–Trinajstić information content (AvgIpc) is 2.72. The Balaban J connectivity index is 2.10. The van der Waals surface area contributed by atoms with Crippen LogP contribution in [-0.2, 0) is 23.4 Å². The van der Waals surface area contributed by atoms with Gasteiger partial charge in [-0.25, -0.2) is 9.36 Å². The molecule has 0 aromatic rings. The summed E-state index contributed by atoms with van der Waals surface area (Å²) in [5, 5.41) is 30.5. The van der Waals surface area contributed by atoms with Crippen LogP contribution >= 0.6 is 7.82 Å². The zero-order valence-electron chi connectivity index (χ0n) is 11.9. The Bertz CT molecular complexity index is 591. The number of rotatable bonds is 5. The van der Waals surface area contributed by atoms with Gasteiger partial charge in [-0.1, -0.05) is 0 Å². The lowest BCUT2D eigenvalue weighted by atomic mass is 10.1. The van der Waals surface area contributed by atoms with Crippen LogP contribution in [-0.4, -0.2) is 85.6 Å². The number of nitrogens with zero attached hydrogens (tertiary/aromatic N) is 1. The van der Waals surface area contributed by atoms with Crippen molar-refractivity contribution < 1.29 is 53.3 Å². The smallest absolute Gasteiger partial charge is 0.469 e. The number of imide groups is 1. The first-order valence-electron chi connectivity index (χ1n) is 6.57. The molecule has 3 amide bonds. The molecule has 2 saturated heterocycles. The molecule has 0 aromatic carbocycles. The van der Waals surface area contributed by atoms with Gasteiger partial charge in [-0.2, -0.15) is 0 Å². The molecule has 2 rings (SSSR count). The number of carbonyl (C=O) groups is 3. The quantitative estimate of drug-likeness (QED) is 0.210. The standard InChI is InChI=1S/C10H15N2O11P/c13-5-4(2-22-24(19,20)21)23-8(6(5)14)12-1-3(9(16)17)7(15)11-10(12)18/h3-6,8,13-14H,1-2H2,(H,16,17)(H,11,15,18)(H2,19,20,21)/t3?,4-,5-,6-,8-/m1/s1. The summed E-state index contributed by atoms with van der Waals surface area (Å²) < 4.78 is 20.0. The maximum absolute atomic E-state index is 11.8. The number of aliphatic carboxylic acids is 1. The van der Waals surface area contributed by atoms with E-state index in [1.54, 1.807) is 5.32 Å². The van der Waals surface area contributed by atoms with Crippen LogP contribution in [0.1, 0.15) is 0 Å². The van der Waals surface area contributed by atoms with Gasteiger partial charge >= 0.3 is 19.8 Å². The highest BCUT2D eigenvalue weighted by molar-refractivity contribution is 7.46. The number of phosphoric ester groups is 1. The van der Waals surface area contributed by atoms with Crippen molar-refractivity contribution in [2.24, 2.45) is 5.92 Å². The fourth-order valence-electron chi connectivity index (χ4n) is 2.33. The summed E-state index contributed by atoms with van der Waals surface area (Å²) in [5.41, 5.74) is 0. The van der Waals surface area contributed by atoms with E-state index in [-0.39, 0.29) is 0 Å². The molecule has 6 N–H and O–H groups in total. The number of hydrogen-bond donors (Lipinski definition) is 6. The Hall–Kier alpha value is -1.60. The molecule has 2 fully saturated rings. The van der Waals surface area contributed by atoms with Gasteiger partial charge in [0.2, 0.25) is 5.91 Å². The maximum atomic E-state index is 11.8. The Morgan fingerprint density at radius 2 is 1.96 bits per heavy atom. The fraction of sp³-hybridized carbons (Fsp3) is 0.700. The number of hydrogen-bond acceptors (Lipinski definition) is 8. The third-order valence-corrected chi connectivity index (χ3v) is 4.02. The molecule has 13 nitrogen and oxygen atoms in total. The summed E-state index contributed by atoms with van der Waals surface area (Å²) in [6.07, 6.45) is -6.27. The largest absolute Gasteiger partial charge is 0.481 e. The molecule has 2 aliphatic rings. The van der Waals surface area contributed by atoms with E-state index in [0.717, 1.165) is 0 Å². The number of urea groups is 1. The number of aliphatic hydroxyl groups excluding tert-OH is 2. The summed E-state index contributed by atoms with van der Waals surface area (Å²) in [4.78, 5) is 52.2. The van der Waals surface area contributed by atoms with Gasteiger partial charge < -0.3 is 29.8 Å². The number of carbonyl (C=O) groups excluding carboxylic acids is 2. The molecule has 5 atom stereocenters. The van der Waals surface area contributed by atoms with E-state index in [4.69, 9.17) is 19.6 Å². The van der Waals surface area contributed by atoms with E-state index in [9.17, 15) is 29.2 Å². The van der Waals surface area contributed by atoms with E-state index in [1.807, 2.05) is 0 Å². The molecule has 0 bridgehead atoms. The predicted octanol–water partition coefficient (Wildman–Crippen LogP) is -3.20. The fourth-order valence-corrected chi connectivity index (χ4v) is 2.67. The normalized spacial score (nSPS) is 34.3. The van der Waals surface area contributed by atoms with Crippen molar-refractivity contribution in [3.63, 3.8) is 0 Å². The Morgan fingerprint density at radius 1 is 1.33 bits per heavy atom. The van der Waals surface area contributed by atoms with Crippen LogP contribution in [0, 0.1) is 5.92 Å². The van der Waals surface area contributed by atoms with E-state index in [2.05, 4.69) is 4.52 Å². The van der Waals surface area contributed by atoms with Crippen molar-refractivity contribution >= 4 is 25.7 Å². The minimum atomic E-state index is -4.85. The zero-order chi connectivity index (χ0) is 18.2. The summed E-state index contributed by atoms with van der Waals surface area (Å²) in [6, 6.07) is -1.04. The first-order chi connectivity index (χ1) is 11.0. The zero-order valence-corrected chi connectivity index (χ0v) is 12.8. The average molecular weight is 370 g/mol. The molecule has 0 aliphatic carbocycles. The van der Waals surface area contributed by atoms with Crippen LogP contribution in [0.2, 0.25) is 0 Å². The van der Waals surface area contributed by atoms with Crippen LogP contribution in [0.5, 0.6) is 0 Å². The van der Waals surface area contributed by atoms with Gasteiger partial charge in [-0.15, -0.1) is 0 Å². The third kappa shape index (κ3) is 3.89. The van der Waals surface area contributed by atoms with Gasteiger partial charge in [0.25, 0.3) is 0 Å². The van der Waals surface area contributed by atoms with Gasteiger partial charge in [-0.3, -0.25) is 24.3 Å². The Kier molecular flexibility index (Phi) is 5.25. The van der Waals surface area contributed by atoms with Crippen molar-refractivity contribution in [2.45, 2.75) is 24.5 Å². The number of ether oxygens (including phenoxy) is 1. The number of aliphatic hydroxyl groups is 2. The highest BCUT2D eigenvalue weighted by atomic mass is 31.2. The lowest BCUT2D eigenvalue weighted by Gasteiger charge is -2.35. The minimum Gasteiger partial charge on any atom is -0.481 e. The number of carboxylic acids is 1. The molecular formula is C10H15N2O11P. The van der Waals surface area contributed by atoms with E-state index >= 15 is 0 Å². The maximum Gasteiger partial charge on any atom is 0.469 e. The summed E-state index contributed by atoms with van der Waals surface area (Å²) in [7, 11) is -4.85.